The number of benzene rings is 1. The number of alkyl halides is 1. The largest absolute Gasteiger partial charge is 0.465 e. The Labute approximate surface area is 236 Å². The van der Waals surface area contributed by atoms with Gasteiger partial charge in [-0.1, -0.05) is 39.7 Å². The van der Waals surface area contributed by atoms with Gasteiger partial charge >= 0.3 is 5.97 Å². The van der Waals surface area contributed by atoms with E-state index in [-0.39, 0.29) is 42.9 Å². The van der Waals surface area contributed by atoms with Crippen LogP contribution in [0.15, 0.2) is 49.6 Å². The van der Waals surface area contributed by atoms with E-state index in [1.54, 1.807) is 46.2 Å². The molecule has 6 atom stereocenters. The number of hydrogen-bond donors (Lipinski definition) is 1. The number of carbonyl (C=O) groups is 3. The number of anilines is 1. The molecule has 3 fully saturated rings. The lowest BCUT2D eigenvalue weighted by molar-refractivity contribution is -0.155. The fourth-order valence-electron chi connectivity index (χ4n) is 6.03. The minimum atomic E-state index is -1.18. The van der Waals surface area contributed by atoms with E-state index in [4.69, 9.17) is 21.1 Å². The van der Waals surface area contributed by atoms with Crippen molar-refractivity contribution < 1.29 is 29.0 Å². The SMILES string of the molecule is C=CCCCOC(=O)[C@H]1[C@H]2C(=O)N(CCCCO)C(C(=O)N(CC=C)c3ccc(Cl)cc3)C23CC(Br)[C@@H]1O3. The average molecular weight is 610 g/mol. The Morgan fingerprint density at radius 1 is 1.24 bits per heavy atom. The first-order chi connectivity index (χ1) is 18.3. The maximum Gasteiger partial charge on any atom is 0.312 e. The van der Waals surface area contributed by atoms with Crippen molar-refractivity contribution >= 4 is 51.0 Å². The predicted molar refractivity (Wildman–Crippen MR) is 148 cm³/mol. The Balaban J connectivity index is 1.70. The van der Waals surface area contributed by atoms with E-state index in [0.717, 1.165) is 0 Å². The molecule has 1 aromatic carbocycles. The quantitative estimate of drug-likeness (QED) is 0.158. The molecule has 1 aromatic rings. The van der Waals surface area contributed by atoms with E-state index >= 15 is 0 Å². The number of esters is 1. The van der Waals surface area contributed by atoms with E-state index in [2.05, 4.69) is 29.1 Å². The molecule has 3 aliphatic rings. The summed E-state index contributed by atoms with van der Waals surface area (Å²) >= 11 is 9.75. The second kappa shape index (κ2) is 12.3. The minimum Gasteiger partial charge on any atom is -0.465 e. The van der Waals surface area contributed by atoms with Crippen LogP contribution in [0.4, 0.5) is 5.69 Å². The van der Waals surface area contributed by atoms with Gasteiger partial charge in [0.2, 0.25) is 5.91 Å². The second-order valence-electron chi connectivity index (χ2n) is 9.94. The van der Waals surface area contributed by atoms with Gasteiger partial charge in [-0.15, -0.1) is 13.2 Å². The molecule has 0 aliphatic carbocycles. The fraction of sp³-hybridized carbons (Fsp3) is 0.536. The molecule has 38 heavy (non-hydrogen) atoms. The number of aliphatic hydroxyl groups is 1. The zero-order valence-corrected chi connectivity index (χ0v) is 23.6. The summed E-state index contributed by atoms with van der Waals surface area (Å²) in [5.41, 5.74) is -0.564. The number of nitrogens with zero attached hydrogens (tertiary/aromatic N) is 2. The number of hydrogen-bond acceptors (Lipinski definition) is 6. The molecule has 2 amide bonds. The van der Waals surface area contributed by atoms with Crippen LogP contribution in [0.5, 0.6) is 0 Å². The number of amides is 2. The van der Waals surface area contributed by atoms with Crippen molar-refractivity contribution in [3.63, 3.8) is 0 Å². The van der Waals surface area contributed by atoms with Gasteiger partial charge in [0.15, 0.2) is 0 Å². The molecule has 1 N–H and O–H groups in total. The van der Waals surface area contributed by atoms with Gasteiger partial charge in [0.25, 0.3) is 5.91 Å². The van der Waals surface area contributed by atoms with Crippen molar-refractivity contribution in [2.45, 2.75) is 54.7 Å². The molecule has 10 heteroatoms. The van der Waals surface area contributed by atoms with Gasteiger partial charge in [-0.3, -0.25) is 14.4 Å². The van der Waals surface area contributed by atoms with Gasteiger partial charge in [-0.25, -0.2) is 0 Å². The Hall–Kier alpha value is -2.20. The number of aliphatic hydroxyl groups excluding tert-OH is 1. The first-order valence-electron chi connectivity index (χ1n) is 13.0. The summed E-state index contributed by atoms with van der Waals surface area (Å²) in [6.45, 7) is 8.18. The second-order valence-corrected chi connectivity index (χ2v) is 11.6. The van der Waals surface area contributed by atoms with Crippen LogP contribution in [0.1, 0.15) is 32.1 Å². The monoisotopic (exact) mass is 608 g/mol. The Morgan fingerprint density at radius 3 is 2.63 bits per heavy atom. The van der Waals surface area contributed by atoms with Crippen LogP contribution in [0, 0.1) is 11.8 Å². The van der Waals surface area contributed by atoms with Crippen LogP contribution in [0.2, 0.25) is 5.02 Å². The van der Waals surface area contributed by atoms with Crippen LogP contribution in [-0.4, -0.2) is 76.7 Å². The topological polar surface area (TPSA) is 96.4 Å². The summed E-state index contributed by atoms with van der Waals surface area (Å²) in [5, 5.41) is 9.88. The highest BCUT2D eigenvalue weighted by atomic mass is 79.9. The van der Waals surface area contributed by atoms with Gasteiger partial charge in [-0.2, -0.15) is 0 Å². The lowest BCUT2D eigenvalue weighted by atomic mass is 9.70. The third kappa shape index (κ3) is 5.18. The molecular formula is C28H34BrClN2O6. The van der Waals surface area contributed by atoms with Crippen LogP contribution in [-0.2, 0) is 23.9 Å². The van der Waals surface area contributed by atoms with Crippen LogP contribution in [0.25, 0.3) is 0 Å². The molecule has 0 saturated carbocycles. The van der Waals surface area contributed by atoms with Crippen molar-refractivity contribution in [3.05, 3.63) is 54.6 Å². The summed E-state index contributed by atoms with van der Waals surface area (Å²) in [5.74, 6) is -2.72. The number of rotatable bonds is 13. The summed E-state index contributed by atoms with van der Waals surface area (Å²) in [7, 11) is 0. The molecule has 206 valence electrons. The maximum absolute atomic E-state index is 14.3. The van der Waals surface area contributed by atoms with E-state index in [9.17, 15) is 19.5 Å². The highest BCUT2D eigenvalue weighted by Gasteiger charge is 2.77. The Kier molecular flexibility index (Phi) is 9.34. The molecular weight excluding hydrogens is 576 g/mol. The normalized spacial score (nSPS) is 29.3. The standard InChI is InChI=1S/C28H34BrClN2O6/c1-3-5-8-16-37-27(36)21-22-25(34)32(14-6-7-15-33)24(28(22)17-20(29)23(21)38-28)26(35)31(13-4-2)19-11-9-18(30)10-12-19/h3-4,9-12,20-24,33H,1-2,5-8,13-17H2/t20?,21-,22-,23-,24?,28?/m0/s1. The summed E-state index contributed by atoms with van der Waals surface area (Å²) in [6, 6.07) is 5.94. The summed E-state index contributed by atoms with van der Waals surface area (Å²) in [4.78, 5) is 44.5. The number of fused-ring (bicyclic) bond motifs is 1. The number of carbonyl (C=O) groups excluding carboxylic acids is 3. The molecule has 2 bridgehead atoms. The third-order valence-corrected chi connectivity index (χ3v) is 8.71. The zero-order valence-electron chi connectivity index (χ0n) is 21.3. The number of ether oxygens (including phenoxy) is 2. The Bertz CT molecular complexity index is 1070. The van der Waals surface area contributed by atoms with Crippen molar-refractivity contribution in [1.29, 1.82) is 0 Å². The summed E-state index contributed by atoms with van der Waals surface area (Å²) in [6.07, 6.45) is 5.56. The number of likely N-dealkylation sites (tertiary alicyclic amines) is 1. The first-order valence-corrected chi connectivity index (χ1v) is 14.3. The smallest absolute Gasteiger partial charge is 0.312 e. The number of halogens is 2. The molecule has 3 heterocycles. The van der Waals surface area contributed by atoms with Crippen LogP contribution < -0.4 is 4.90 Å². The molecule has 8 nitrogen and oxygen atoms in total. The Morgan fingerprint density at radius 2 is 1.97 bits per heavy atom. The molecule has 4 rings (SSSR count). The highest BCUT2D eigenvalue weighted by molar-refractivity contribution is 9.09. The lowest BCUT2D eigenvalue weighted by Crippen LogP contribution is -2.57. The third-order valence-electron chi connectivity index (χ3n) is 7.62. The lowest BCUT2D eigenvalue weighted by Gasteiger charge is -2.37. The van der Waals surface area contributed by atoms with E-state index in [0.29, 0.717) is 42.8 Å². The fourth-order valence-corrected chi connectivity index (χ4v) is 7.10. The first kappa shape index (κ1) is 28.8. The highest BCUT2D eigenvalue weighted by Crippen LogP contribution is 2.60. The van der Waals surface area contributed by atoms with Crippen LogP contribution >= 0.6 is 27.5 Å². The zero-order chi connectivity index (χ0) is 27.4. The predicted octanol–water partition coefficient (Wildman–Crippen LogP) is 3.89. The van der Waals surface area contributed by atoms with Gasteiger partial charge in [0, 0.05) is 35.2 Å². The van der Waals surface area contributed by atoms with E-state index < -0.39 is 35.6 Å². The van der Waals surface area contributed by atoms with Crippen LogP contribution in [0.3, 0.4) is 0 Å². The molecule has 3 saturated heterocycles. The van der Waals surface area contributed by atoms with Gasteiger partial charge < -0.3 is 24.4 Å². The average Bonchev–Trinajstić information content (AvgIpc) is 3.49. The van der Waals surface area contributed by atoms with E-state index in [1.165, 1.54) is 0 Å². The van der Waals surface area contributed by atoms with Crippen molar-refractivity contribution in [1.82, 2.24) is 4.90 Å². The molecule has 1 spiro atoms. The molecule has 0 radical (unpaired) electrons. The van der Waals surface area contributed by atoms with E-state index in [1.807, 2.05) is 0 Å². The van der Waals surface area contributed by atoms with Crippen molar-refractivity contribution in [2.75, 3.05) is 31.2 Å². The number of unbranched alkanes of at least 4 members (excludes halogenated alkanes) is 2. The molecule has 0 aromatic heterocycles. The van der Waals surface area contributed by atoms with Crippen molar-refractivity contribution in [2.24, 2.45) is 11.8 Å². The molecule has 3 aliphatic heterocycles. The van der Waals surface area contributed by atoms with Crippen molar-refractivity contribution in [3.8, 4) is 0 Å². The van der Waals surface area contributed by atoms with Gasteiger partial charge in [0.1, 0.15) is 11.6 Å². The van der Waals surface area contributed by atoms with Gasteiger partial charge in [-0.05, 0) is 56.4 Å². The van der Waals surface area contributed by atoms with Gasteiger partial charge in [0.05, 0.1) is 24.5 Å². The maximum atomic E-state index is 14.3. The number of allylic oxidation sites excluding steroid dienone is 1. The minimum absolute atomic E-state index is 0.0235. The summed E-state index contributed by atoms with van der Waals surface area (Å²) < 4.78 is 12.1. The molecule has 3 unspecified atom stereocenters.